The number of thiol groups is 1. The van der Waals surface area contributed by atoms with Crippen LogP contribution in [0.4, 0.5) is 0 Å². The molecule has 1 unspecified atom stereocenters. The summed E-state index contributed by atoms with van der Waals surface area (Å²) in [7, 11) is 3.35. The Labute approximate surface area is 148 Å². The molecule has 0 aliphatic carbocycles. The lowest BCUT2D eigenvalue weighted by atomic mass is 9.85. The van der Waals surface area contributed by atoms with E-state index in [-0.39, 0.29) is 5.92 Å². The van der Waals surface area contributed by atoms with Crippen molar-refractivity contribution in [1.29, 1.82) is 0 Å². The van der Waals surface area contributed by atoms with E-state index >= 15 is 0 Å². The minimum absolute atomic E-state index is 0.107. The minimum atomic E-state index is 0.107. The van der Waals surface area contributed by atoms with Gasteiger partial charge in [-0.2, -0.15) is 0 Å². The molecule has 0 N–H and O–H groups in total. The lowest BCUT2D eigenvalue weighted by Crippen LogP contribution is -2.04. The zero-order chi connectivity index (χ0) is 16.9. The number of ether oxygens (including phenoxy) is 2. The monoisotopic (exact) mass is 336 g/mol. The second-order valence-electron chi connectivity index (χ2n) is 5.54. The van der Waals surface area contributed by atoms with Crippen LogP contribution < -0.4 is 9.47 Å². The first-order valence-corrected chi connectivity index (χ1v) is 8.23. The van der Waals surface area contributed by atoms with Gasteiger partial charge in [-0.1, -0.05) is 48.5 Å². The molecular formula is C21H20O2S. The standard InChI is InChI=1S/C21H20O2S/c1-22-17-10-8-16(9-11-17)21(15-6-4-3-5-7-15)19-13-12-18(23-2)14-20(19)24/h3-14,21,24H,1-2H3. The van der Waals surface area contributed by atoms with Gasteiger partial charge in [0.2, 0.25) is 0 Å². The molecule has 0 fully saturated rings. The predicted molar refractivity (Wildman–Crippen MR) is 101 cm³/mol. The van der Waals surface area contributed by atoms with E-state index in [0.29, 0.717) is 0 Å². The SMILES string of the molecule is COc1ccc(C(c2ccccc2)c2ccc(OC)cc2S)cc1. The molecule has 0 spiro atoms. The average Bonchev–Trinajstić information content (AvgIpc) is 2.64. The normalized spacial score (nSPS) is 11.8. The zero-order valence-corrected chi connectivity index (χ0v) is 14.7. The first-order valence-electron chi connectivity index (χ1n) is 7.78. The van der Waals surface area contributed by atoms with Gasteiger partial charge in [-0.15, -0.1) is 12.6 Å². The Morgan fingerprint density at radius 2 is 1.29 bits per heavy atom. The summed E-state index contributed by atoms with van der Waals surface area (Å²) in [5.41, 5.74) is 3.57. The summed E-state index contributed by atoms with van der Waals surface area (Å²) in [5.74, 6) is 1.77. The molecule has 2 nitrogen and oxygen atoms in total. The summed E-state index contributed by atoms with van der Waals surface area (Å²) in [4.78, 5) is 0.916. The smallest absolute Gasteiger partial charge is 0.119 e. The van der Waals surface area contributed by atoms with Crippen LogP contribution in [0.15, 0.2) is 77.7 Å². The van der Waals surface area contributed by atoms with Crippen LogP contribution in [0.25, 0.3) is 0 Å². The largest absolute Gasteiger partial charge is 0.497 e. The molecule has 0 aliphatic rings. The third-order valence-corrected chi connectivity index (χ3v) is 4.52. The maximum atomic E-state index is 5.31. The van der Waals surface area contributed by atoms with E-state index < -0.39 is 0 Å². The van der Waals surface area contributed by atoms with Crippen molar-refractivity contribution in [3.8, 4) is 11.5 Å². The van der Waals surface area contributed by atoms with Crippen LogP contribution in [0.1, 0.15) is 22.6 Å². The fourth-order valence-electron chi connectivity index (χ4n) is 2.89. The predicted octanol–water partition coefficient (Wildman–Crippen LogP) is 5.17. The van der Waals surface area contributed by atoms with Crippen molar-refractivity contribution in [1.82, 2.24) is 0 Å². The Balaban J connectivity index is 2.11. The van der Waals surface area contributed by atoms with Gasteiger partial charge in [-0.3, -0.25) is 0 Å². The number of rotatable bonds is 5. The Bertz CT molecular complexity index is 798. The molecular weight excluding hydrogens is 316 g/mol. The highest BCUT2D eigenvalue weighted by Gasteiger charge is 2.19. The van der Waals surface area contributed by atoms with Crippen molar-refractivity contribution in [3.05, 3.63) is 89.5 Å². The van der Waals surface area contributed by atoms with Crippen molar-refractivity contribution < 1.29 is 9.47 Å². The summed E-state index contributed by atoms with van der Waals surface area (Å²) >= 11 is 4.70. The molecule has 3 aromatic carbocycles. The first kappa shape index (κ1) is 16.5. The fraction of sp³-hybridized carbons (Fsp3) is 0.143. The highest BCUT2D eigenvalue weighted by atomic mass is 32.1. The average molecular weight is 336 g/mol. The zero-order valence-electron chi connectivity index (χ0n) is 13.8. The van der Waals surface area contributed by atoms with Crippen molar-refractivity contribution in [3.63, 3.8) is 0 Å². The van der Waals surface area contributed by atoms with Crippen molar-refractivity contribution in [2.24, 2.45) is 0 Å². The van der Waals surface area contributed by atoms with E-state index in [9.17, 15) is 0 Å². The number of hydrogen-bond donors (Lipinski definition) is 1. The van der Waals surface area contributed by atoms with Crippen LogP contribution in [0.2, 0.25) is 0 Å². The molecule has 0 radical (unpaired) electrons. The highest BCUT2D eigenvalue weighted by molar-refractivity contribution is 7.80. The van der Waals surface area contributed by atoms with E-state index in [0.717, 1.165) is 22.0 Å². The van der Waals surface area contributed by atoms with E-state index in [1.165, 1.54) is 11.1 Å². The van der Waals surface area contributed by atoms with E-state index in [2.05, 4.69) is 42.5 Å². The van der Waals surface area contributed by atoms with Gasteiger partial charge in [0.1, 0.15) is 11.5 Å². The van der Waals surface area contributed by atoms with E-state index in [4.69, 9.17) is 22.1 Å². The van der Waals surface area contributed by atoms with Crippen molar-refractivity contribution in [2.75, 3.05) is 14.2 Å². The molecule has 0 aromatic heterocycles. The maximum absolute atomic E-state index is 5.31. The van der Waals surface area contributed by atoms with Gasteiger partial charge in [0.25, 0.3) is 0 Å². The molecule has 3 heteroatoms. The summed E-state index contributed by atoms with van der Waals surface area (Å²) in [6.07, 6.45) is 0. The van der Waals surface area contributed by atoms with Crippen LogP contribution in [-0.2, 0) is 0 Å². The van der Waals surface area contributed by atoms with Gasteiger partial charge in [0.15, 0.2) is 0 Å². The van der Waals surface area contributed by atoms with Gasteiger partial charge in [-0.25, -0.2) is 0 Å². The van der Waals surface area contributed by atoms with Gasteiger partial charge in [0.05, 0.1) is 14.2 Å². The van der Waals surface area contributed by atoms with Gasteiger partial charge < -0.3 is 9.47 Å². The van der Waals surface area contributed by atoms with Crippen LogP contribution in [-0.4, -0.2) is 14.2 Å². The van der Waals surface area contributed by atoms with Crippen LogP contribution in [0, 0.1) is 0 Å². The Kier molecular flexibility index (Phi) is 5.11. The summed E-state index contributed by atoms with van der Waals surface area (Å²) in [6, 6.07) is 24.7. The second-order valence-corrected chi connectivity index (χ2v) is 6.02. The Morgan fingerprint density at radius 1 is 0.708 bits per heavy atom. The Hall–Kier alpha value is -2.39. The molecule has 1 atom stereocenters. The van der Waals surface area contributed by atoms with Gasteiger partial charge in [-0.05, 0) is 41.0 Å². The quantitative estimate of drug-likeness (QED) is 0.512. The lowest BCUT2D eigenvalue weighted by Gasteiger charge is -2.21. The molecule has 0 saturated heterocycles. The third-order valence-electron chi connectivity index (χ3n) is 4.13. The number of benzene rings is 3. The van der Waals surface area contributed by atoms with Crippen molar-refractivity contribution in [2.45, 2.75) is 10.8 Å². The third kappa shape index (κ3) is 3.41. The summed E-state index contributed by atoms with van der Waals surface area (Å²) in [6.45, 7) is 0. The number of methoxy groups -OCH3 is 2. The molecule has 122 valence electrons. The van der Waals surface area contributed by atoms with Crippen LogP contribution >= 0.6 is 12.6 Å². The van der Waals surface area contributed by atoms with E-state index in [1.54, 1.807) is 14.2 Å². The molecule has 0 amide bonds. The van der Waals surface area contributed by atoms with Gasteiger partial charge in [0, 0.05) is 10.8 Å². The lowest BCUT2D eigenvalue weighted by molar-refractivity contribution is 0.413. The fourth-order valence-corrected chi connectivity index (χ4v) is 3.22. The molecule has 0 bridgehead atoms. The minimum Gasteiger partial charge on any atom is -0.497 e. The maximum Gasteiger partial charge on any atom is 0.119 e. The van der Waals surface area contributed by atoms with Crippen molar-refractivity contribution >= 4 is 12.6 Å². The molecule has 0 saturated carbocycles. The Morgan fingerprint density at radius 3 is 1.88 bits per heavy atom. The van der Waals surface area contributed by atoms with E-state index in [1.807, 2.05) is 30.3 Å². The molecule has 0 heterocycles. The highest BCUT2D eigenvalue weighted by Crippen LogP contribution is 2.37. The molecule has 3 aromatic rings. The molecule has 3 rings (SSSR count). The first-order chi connectivity index (χ1) is 11.7. The summed E-state index contributed by atoms with van der Waals surface area (Å²) in [5, 5.41) is 0. The van der Waals surface area contributed by atoms with Crippen LogP contribution in [0.3, 0.4) is 0 Å². The molecule has 24 heavy (non-hydrogen) atoms. The number of hydrogen-bond acceptors (Lipinski definition) is 3. The van der Waals surface area contributed by atoms with Crippen LogP contribution in [0.5, 0.6) is 11.5 Å². The second kappa shape index (κ2) is 7.45. The molecule has 0 aliphatic heterocycles. The summed E-state index contributed by atoms with van der Waals surface area (Å²) < 4.78 is 10.6. The van der Waals surface area contributed by atoms with Gasteiger partial charge >= 0.3 is 0 Å². The topological polar surface area (TPSA) is 18.5 Å².